The third-order valence-corrected chi connectivity index (χ3v) is 11.1. The summed E-state index contributed by atoms with van der Waals surface area (Å²) in [4.78, 5) is 0. The van der Waals surface area contributed by atoms with E-state index in [1.54, 1.807) is 0 Å². The normalized spacial score (nSPS) is 12.0. The van der Waals surface area contributed by atoms with Gasteiger partial charge >= 0.3 is 0 Å². The standard InChI is InChI=1S/C45H29NS/c1-2-10-28-19-22-36-40-27-30(29-20-23-35-33-13-4-3-11-31(33)32-12-5-6-14-34(32)39(35)26-29)21-24-41(40)46(43(36)25-28)42-17-9-16-38-37-15-7-8-18-44(37)47-45(38)42/h2-9,11-27H,1,10H2. The first-order chi connectivity index (χ1) is 23.3. The van der Waals surface area contributed by atoms with E-state index in [-0.39, 0.29) is 0 Å². The Hall–Kier alpha value is -5.70. The fraction of sp³-hybridized carbons (Fsp3) is 0.0222. The van der Waals surface area contributed by atoms with E-state index in [0.717, 1.165) is 6.42 Å². The Balaban J connectivity index is 1.24. The largest absolute Gasteiger partial charge is 0.308 e. The average molecular weight is 616 g/mol. The van der Waals surface area contributed by atoms with Crippen molar-refractivity contribution in [3.63, 3.8) is 0 Å². The van der Waals surface area contributed by atoms with E-state index in [2.05, 4.69) is 157 Å². The Kier molecular flexibility index (Phi) is 5.73. The molecule has 10 rings (SSSR count). The van der Waals surface area contributed by atoms with Crippen molar-refractivity contribution in [3.8, 4) is 16.8 Å². The minimum Gasteiger partial charge on any atom is -0.308 e. The van der Waals surface area contributed by atoms with Crippen LogP contribution >= 0.6 is 11.3 Å². The second kappa shape index (κ2) is 10.2. The molecule has 8 aromatic carbocycles. The van der Waals surface area contributed by atoms with Gasteiger partial charge in [-0.05, 0) is 91.8 Å². The van der Waals surface area contributed by atoms with Crippen molar-refractivity contribution in [1.82, 2.24) is 4.57 Å². The maximum atomic E-state index is 4.02. The number of hydrogen-bond acceptors (Lipinski definition) is 1. The van der Waals surface area contributed by atoms with Crippen molar-refractivity contribution in [2.75, 3.05) is 0 Å². The van der Waals surface area contributed by atoms with Crippen LogP contribution in [0.2, 0.25) is 0 Å². The quantitative estimate of drug-likeness (QED) is 0.137. The molecule has 2 aromatic heterocycles. The second-order valence-corrected chi connectivity index (χ2v) is 13.6. The summed E-state index contributed by atoms with van der Waals surface area (Å²) in [5.74, 6) is 0. The van der Waals surface area contributed by atoms with Crippen LogP contribution in [-0.2, 0) is 6.42 Å². The summed E-state index contributed by atoms with van der Waals surface area (Å²) in [6.45, 7) is 4.02. The Bertz CT molecular complexity index is 2870. The van der Waals surface area contributed by atoms with Gasteiger partial charge < -0.3 is 4.57 Å². The maximum Gasteiger partial charge on any atom is 0.0640 e. The van der Waals surface area contributed by atoms with E-state index in [1.165, 1.54) is 96.7 Å². The highest BCUT2D eigenvalue weighted by Gasteiger charge is 2.18. The van der Waals surface area contributed by atoms with Gasteiger partial charge in [-0.3, -0.25) is 0 Å². The number of aromatic nitrogens is 1. The van der Waals surface area contributed by atoms with Crippen molar-refractivity contribution in [3.05, 3.63) is 164 Å². The van der Waals surface area contributed by atoms with Crippen LogP contribution in [0.5, 0.6) is 0 Å². The molecule has 0 amide bonds. The molecule has 0 fully saturated rings. The van der Waals surface area contributed by atoms with E-state index in [0.29, 0.717) is 0 Å². The lowest BCUT2D eigenvalue weighted by atomic mass is 9.92. The van der Waals surface area contributed by atoms with E-state index in [1.807, 2.05) is 17.4 Å². The topological polar surface area (TPSA) is 4.93 Å². The van der Waals surface area contributed by atoms with Crippen LogP contribution in [0.4, 0.5) is 0 Å². The molecule has 2 heteroatoms. The number of nitrogens with zero attached hydrogens (tertiary/aromatic N) is 1. The SMILES string of the molecule is C=CCc1ccc2c3cc(-c4ccc5c6ccccc6c6ccccc6c5c4)ccc3n(-c3cccc4c3sc3ccccc34)c2c1. The van der Waals surface area contributed by atoms with Crippen LogP contribution in [0.1, 0.15) is 5.56 Å². The first kappa shape index (κ1) is 26.5. The summed E-state index contributed by atoms with van der Waals surface area (Å²) in [5, 5.41) is 13.0. The zero-order valence-electron chi connectivity index (χ0n) is 25.7. The number of allylic oxidation sites excluding steroid dienone is 1. The molecule has 0 N–H and O–H groups in total. The Morgan fingerprint density at radius 2 is 1.06 bits per heavy atom. The molecule has 47 heavy (non-hydrogen) atoms. The monoisotopic (exact) mass is 615 g/mol. The van der Waals surface area contributed by atoms with Gasteiger partial charge in [0.1, 0.15) is 0 Å². The van der Waals surface area contributed by atoms with E-state index >= 15 is 0 Å². The number of fused-ring (bicyclic) bond motifs is 12. The minimum atomic E-state index is 0.843. The Morgan fingerprint density at radius 3 is 1.81 bits per heavy atom. The molecule has 2 heterocycles. The summed E-state index contributed by atoms with van der Waals surface area (Å²) >= 11 is 1.88. The first-order valence-electron chi connectivity index (χ1n) is 16.2. The van der Waals surface area contributed by atoms with Crippen molar-refractivity contribution in [1.29, 1.82) is 0 Å². The number of thiophene rings is 1. The molecular formula is C45H29NS. The van der Waals surface area contributed by atoms with Gasteiger partial charge in [-0.2, -0.15) is 0 Å². The molecular weight excluding hydrogens is 587 g/mol. The molecule has 0 unspecified atom stereocenters. The van der Waals surface area contributed by atoms with Crippen molar-refractivity contribution >= 4 is 85.6 Å². The molecule has 0 aliphatic heterocycles. The molecule has 0 saturated carbocycles. The minimum absolute atomic E-state index is 0.843. The lowest BCUT2D eigenvalue weighted by Crippen LogP contribution is -1.94. The molecule has 0 bridgehead atoms. The van der Waals surface area contributed by atoms with E-state index in [4.69, 9.17) is 0 Å². The molecule has 1 nitrogen and oxygen atoms in total. The van der Waals surface area contributed by atoms with Gasteiger partial charge in [0, 0.05) is 26.2 Å². The first-order valence-corrected chi connectivity index (χ1v) is 17.0. The van der Waals surface area contributed by atoms with Crippen LogP contribution in [0, 0.1) is 0 Å². The fourth-order valence-corrected chi connectivity index (χ4v) is 9.00. The van der Waals surface area contributed by atoms with Crippen LogP contribution in [0.15, 0.2) is 158 Å². The second-order valence-electron chi connectivity index (χ2n) is 12.5. The van der Waals surface area contributed by atoms with Crippen molar-refractivity contribution in [2.45, 2.75) is 6.42 Å². The predicted molar refractivity (Wildman–Crippen MR) is 206 cm³/mol. The molecule has 0 aliphatic rings. The summed E-state index contributed by atoms with van der Waals surface area (Å²) in [6, 6.07) is 54.1. The molecule has 0 spiro atoms. The lowest BCUT2D eigenvalue weighted by molar-refractivity contribution is 1.19. The van der Waals surface area contributed by atoms with Gasteiger partial charge in [0.25, 0.3) is 0 Å². The van der Waals surface area contributed by atoms with Gasteiger partial charge in [-0.25, -0.2) is 0 Å². The molecule has 0 atom stereocenters. The molecule has 220 valence electrons. The number of hydrogen-bond donors (Lipinski definition) is 0. The fourth-order valence-electron chi connectivity index (χ4n) is 7.79. The highest BCUT2D eigenvalue weighted by atomic mass is 32.1. The highest BCUT2D eigenvalue weighted by molar-refractivity contribution is 7.26. The van der Waals surface area contributed by atoms with Gasteiger partial charge in [0.05, 0.1) is 21.4 Å². The van der Waals surface area contributed by atoms with Crippen LogP contribution in [-0.4, -0.2) is 4.57 Å². The zero-order chi connectivity index (χ0) is 31.1. The predicted octanol–water partition coefficient (Wildman–Crippen LogP) is 13.0. The summed E-state index contributed by atoms with van der Waals surface area (Å²) in [6.07, 6.45) is 2.83. The molecule has 0 saturated heterocycles. The summed E-state index contributed by atoms with van der Waals surface area (Å²) in [5.41, 5.74) is 7.42. The van der Waals surface area contributed by atoms with Gasteiger partial charge in [-0.1, -0.05) is 115 Å². The lowest BCUT2D eigenvalue weighted by Gasteiger charge is -2.12. The van der Waals surface area contributed by atoms with E-state index in [9.17, 15) is 0 Å². The van der Waals surface area contributed by atoms with Gasteiger partial charge in [0.2, 0.25) is 0 Å². The van der Waals surface area contributed by atoms with E-state index < -0.39 is 0 Å². The summed E-state index contributed by atoms with van der Waals surface area (Å²) < 4.78 is 5.12. The van der Waals surface area contributed by atoms with Crippen molar-refractivity contribution in [2.24, 2.45) is 0 Å². The Labute approximate surface area is 276 Å². The zero-order valence-corrected chi connectivity index (χ0v) is 26.5. The van der Waals surface area contributed by atoms with Crippen molar-refractivity contribution < 1.29 is 0 Å². The Morgan fingerprint density at radius 1 is 0.468 bits per heavy atom. The maximum absolute atomic E-state index is 4.02. The van der Waals surface area contributed by atoms with Gasteiger partial charge in [0.15, 0.2) is 0 Å². The average Bonchev–Trinajstić information content (AvgIpc) is 3.67. The summed E-state index contributed by atoms with van der Waals surface area (Å²) in [7, 11) is 0. The van der Waals surface area contributed by atoms with Crippen LogP contribution in [0.25, 0.3) is 91.1 Å². The van der Waals surface area contributed by atoms with Crippen LogP contribution in [0.3, 0.4) is 0 Å². The number of benzene rings is 8. The smallest absolute Gasteiger partial charge is 0.0640 e. The third-order valence-electron chi connectivity index (χ3n) is 9.91. The third kappa shape index (κ3) is 3.89. The molecule has 10 aromatic rings. The molecule has 0 radical (unpaired) electrons. The number of rotatable bonds is 4. The highest BCUT2D eigenvalue weighted by Crippen LogP contribution is 2.42. The molecule has 0 aliphatic carbocycles. The van der Waals surface area contributed by atoms with Crippen LogP contribution < -0.4 is 0 Å². The van der Waals surface area contributed by atoms with Gasteiger partial charge in [-0.15, -0.1) is 17.9 Å².